The van der Waals surface area contributed by atoms with Crippen LogP contribution in [0.3, 0.4) is 0 Å². The van der Waals surface area contributed by atoms with E-state index in [1.807, 2.05) is 0 Å². The number of hydrogen-bond donors (Lipinski definition) is 1. The zero-order valence-electron chi connectivity index (χ0n) is 10.5. The molecule has 0 bridgehead atoms. The lowest BCUT2D eigenvalue weighted by atomic mass is 10.0. The van der Waals surface area contributed by atoms with Gasteiger partial charge in [-0.25, -0.2) is 0 Å². The molecule has 1 aromatic carbocycles. The summed E-state index contributed by atoms with van der Waals surface area (Å²) in [5.41, 5.74) is 4.03. The predicted molar refractivity (Wildman–Crippen MR) is 70.3 cm³/mol. The second-order valence-electron chi connectivity index (χ2n) is 4.32. The molecule has 0 amide bonds. The summed E-state index contributed by atoms with van der Waals surface area (Å²) < 4.78 is 0. The fourth-order valence-corrected chi connectivity index (χ4v) is 1.80. The fourth-order valence-electron chi connectivity index (χ4n) is 1.80. The van der Waals surface area contributed by atoms with Gasteiger partial charge in [-0.15, -0.1) is 12.3 Å². The van der Waals surface area contributed by atoms with Crippen molar-refractivity contribution in [3.63, 3.8) is 0 Å². The number of rotatable bonds is 5. The lowest BCUT2D eigenvalue weighted by molar-refractivity contribution is 0.506. The molecule has 16 heavy (non-hydrogen) atoms. The van der Waals surface area contributed by atoms with Gasteiger partial charge in [0.1, 0.15) is 0 Å². The highest BCUT2D eigenvalue weighted by Gasteiger charge is 2.04. The van der Waals surface area contributed by atoms with E-state index in [-0.39, 0.29) is 0 Å². The van der Waals surface area contributed by atoms with Crippen molar-refractivity contribution in [1.29, 1.82) is 0 Å². The first-order chi connectivity index (χ1) is 7.67. The molecule has 1 aromatic rings. The van der Waals surface area contributed by atoms with Gasteiger partial charge in [0.15, 0.2) is 0 Å². The predicted octanol–water partition coefficient (Wildman–Crippen LogP) is 3.19. The second-order valence-corrected chi connectivity index (χ2v) is 4.32. The number of aryl methyl sites for hydroxylation is 2. The van der Waals surface area contributed by atoms with Crippen LogP contribution in [0.15, 0.2) is 18.2 Å². The van der Waals surface area contributed by atoms with E-state index in [1.165, 1.54) is 16.7 Å². The topological polar surface area (TPSA) is 12.0 Å². The third-order valence-electron chi connectivity index (χ3n) is 2.94. The SMILES string of the molecule is C#CCC(CC)NCc1ccc(C)cc1C. The van der Waals surface area contributed by atoms with E-state index in [4.69, 9.17) is 6.42 Å². The van der Waals surface area contributed by atoms with Crippen molar-refractivity contribution in [3.05, 3.63) is 34.9 Å². The van der Waals surface area contributed by atoms with Crippen LogP contribution >= 0.6 is 0 Å². The highest BCUT2D eigenvalue weighted by atomic mass is 14.9. The van der Waals surface area contributed by atoms with E-state index < -0.39 is 0 Å². The molecule has 1 rings (SSSR count). The van der Waals surface area contributed by atoms with Crippen LogP contribution in [0.25, 0.3) is 0 Å². The molecule has 0 radical (unpaired) electrons. The minimum absolute atomic E-state index is 0.436. The first kappa shape index (κ1) is 12.8. The van der Waals surface area contributed by atoms with Crippen molar-refractivity contribution in [1.82, 2.24) is 5.32 Å². The van der Waals surface area contributed by atoms with Crippen LogP contribution < -0.4 is 5.32 Å². The molecule has 0 heterocycles. The standard InChI is InChI=1S/C15H21N/c1-5-7-15(6-2)16-11-14-9-8-12(3)10-13(14)4/h1,8-10,15-16H,6-7,11H2,2-4H3. The average Bonchev–Trinajstić information content (AvgIpc) is 2.26. The third-order valence-corrected chi connectivity index (χ3v) is 2.94. The molecule has 1 unspecified atom stereocenters. The van der Waals surface area contributed by atoms with Gasteiger partial charge in [-0.1, -0.05) is 30.7 Å². The Bertz CT molecular complexity index is 374. The monoisotopic (exact) mass is 215 g/mol. The maximum absolute atomic E-state index is 5.33. The van der Waals surface area contributed by atoms with Crippen LogP contribution in [-0.4, -0.2) is 6.04 Å². The van der Waals surface area contributed by atoms with E-state index >= 15 is 0 Å². The quantitative estimate of drug-likeness (QED) is 0.744. The lowest BCUT2D eigenvalue weighted by Crippen LogP contribution is -2.27. The zero-order valence-corrected chi connectivity index (χ0v) is 10.5. The Kier molecular flexibility index (Phi) is 5.08. The van der Waals surface area contributed by atoms with Crippen LogP contribution in [0, 0.1) is 26.2 Å². The van der Waals surface area contributed by atoms with Gasteiger partial charge >= 0.3 is 0 Å². The van der Waals surface area contributed by atoms with Crippen molar-refractivity contribution >= 4 is 0 Å². The Morgan fingerprint density at radius 2 is 2.12 bits per heavy atom. The number of hydrogen-bond acceptors (Lipinski definition) is 1. The number of nitrogens with one attached hydrogen (secondary N) is 1. The van der Waals surface area contributed by atoms with E-state index in [9.17, 15) is 0 Å². The van der Waals surface area contributed by atoms with Crippen LogP contribution in [-0.2, 0) is 6.54 Å². The molecule has 0 spiro atoms. The molecule has 0 saturated carbocycles. The summed E-state index contributed by atoms with van der Waals surface area (Å²) in [6.07, 6.45) is 7.22. The highest BCUT2D eigenvalue weighted by molar-refractivity contribution is 5.30. The van der Waals surface area contributed by atoms with Crippen LogP contribution in [0.5, 0.6) is 0 Å². The summed E-state index contributed by atoms with van der Waals surface area (Å²) in [6, 6.07) is 7.01. The summed E-state index contributed by atoms with van der Waals surface area (Å²) >= 11 is 0. The van der Waals surface area contributed by atoms with Crippen LogP contribution in [0.1, 0.15) is 36.5 Å². The van der Waals surface area contributed by atoms with E-state index in [0.717, 1.165) is 19.4 Å². The van der Waals surface area contributed by atoms with Gasteiger partial charge in [-0.3, -0.25) is 0 Å². The van der Waals surface area contributed by atoms with Crippen LogP contribution in [0.4, 0.5) is 0 Å². The van der Waals surface area contributed by atoms with Gasteiger partial charge in [-0.2, -0.15) is 0 Å². The minimum atomic E-state index is 0.436. The summed E-state index contributed by atoms with van der Waals surface area (Å²) in [7, 11) is 0. The fraction of sp³-hybridized carbons (Fsp3) is 0.467. The summed E-state index contributed by atoms with van der Waals surface area (Å²) in [4.78, 5) is 0. The Morgan fingerprint density at radius 3 is 2.69 bits per heavy atom. The molecule has 0 aliphatic carbocycles. The third kappa shape index (κ3) is 3.72. The average molecular weight is 215 g/mol. The van der Waals surface area contributed by atoms with Gasteiger partial charge in [-0.05, 0) is 31.4 Å². The number of benzene rings is 1. The summed E-state index contributed by atoms with van der Waals surface area (Å²) in [5, 5.41) is 3.50. The Balaban J connectivity index is 2.57. The maximum atomic E-state index is 5.33. The Morgan fingerprint density at radius 1 is 1.38 bits per heavy atom. The highest BCUT2D eigenvalue weighted by Crippen LogP contribution is 2.11. The van der Waals surface area contributed by atoms with Gasteiger partial charge in [0, 0.05) is 19.0 Å². The molecule has 0 aromatic heterocycles. The normalized spacial score (nSPS) is 12.1. The summed E-state index contributed by atoms with van der Waals surface area (Å²) in [5.74, 6) is 2.72. The molecule has 1 atom stereocenters. The van der Waals surface area contributed by atoms with Crippen molar-refractivity contribution in [3.8, 4) is 12.3 Å². The van der Waals surface area contributed by atoms with E-state index in [0.29, 0.717) is 6.04 Å². The van der Waals surface area contributed by atoms with Crippen molar-refractivity contribution in [2.75, 3.05) is 0 Å². The van der Waals surface area contributed by atoms with E-state index in [2.05, 4.69) is 50.2 Å². The van der Waals surface area contributed by atoms with Gasteiger partial charge < -0.3 is 5.32 Å². The molecule has 0 aliphatic rings. The van der Waals surface area contributed by atoms with Crippen molar-refractivity contribution in [2.45, 2.75) is 46.2 Å². The minimum Gasteiger partial charge on any atom is -0.309 e. The Hall–Kier alpha value is -1.26. The smallest absolute Gasteiger partial charge is 0.0240 e. The van der Waals surface area contributed by atoms with Crippen molar-refractivity contribution in [2.24, 2.45) is 0 Å². The van der Waals surface area contributed by atoms with E-state index in [1.54, 1.807) is 0 Å². The molecule has 0 aliphatic heterocycles. The van der Waals surface area contributed by atoms with Gasteiger partial charge in [0.25, 0.3) is 0 Å². The van der Waals surface area contributed by atoms with Gasteiger partial charge in [0.2, 0.25) is 0 Å². The molecular formula is C15H21N. The molecule has 1 heteroatoms. The van der Waals surface area contributed by atoms with Crippen molar-refractivity contribution < 1.29 is 0 Å². The first-order valence-corrected chi connectivity index (χ1v) is 5.90. The van der Waals surface area contributed by atoms with Gasteiger partial charge in [0.05, 0.1) is 0 Å². The molecule has 0 fully saturated rings. The molecule has 1 N–H and O–H groups in total. The maximum Gasteiger partial charge on any atom is 0.0240 e. The molecule has 0 saturated heterocycles. The second kappa shape index (κ2) is 6.35. The number of terminal acetylenes is 1. The molecule has 86 valence electrons. The Labute approximate surface area is 99.3 Å². The molecule has 1 nitrogen and oxygen atoms in total. The summed E-state index contributed by atoms with van der Waals surface area (Å²) in [6.45, 7) is 7.35. The first-order valence-electron chi connectivity index (χ1n) is 5.90. The molecular weight excluding hydrogens is 194 g/mol. The lowest BCUT2D eigenvalue weighted by Gasteiger charge is -2.15. The van der Waals surface area contributed by atoms with Crippen LogP contribution in [0.2, 0.25) is 0 Å². The largest absolute Gasteiger partial charge is 0.309 e. The zero-order chi connectivity index (χ0) is 12.0.